The molecule has 0 bridgehead atoms. The number of rotatable bonds is 3. The van der Waals surface area contributed by atoms with Crippen LogP contribution in [0.25, 0.3) is 0 Å². The zero-order chi connectivity index (χ0) is 13.1. The third-order valence-corrected chi connectivity index (χ3v) is 4.48. The molecule has 0 aromatic carbocycles. The van der Waals surface area contributed by atoms with E-state index in [9.17, 15) is 4.79 Å². The maximum absolute atomic E-state index is 11.8. The van der Waals surface area contributed by atoms with Crippen LogP contribution in [0.1, 0.15) is 31.1 Å². The fraction of sp³-hybridized carbons (Fsp3) is 0.643. The van der Waals surface area contributed by atoms with Gasteiger partial charge in [0.05, 0.1) is 0 Å². The molecular formula is C14H22N2OS. The number of nitrogens with zero attached hydrogens (tertiary/aromatic N) is 1. The average Bonchev–Trinajstić information content (AvgIpc) is 2.81. The number of amides is 1. The van der Waals surface area contributed by atoms with Crippen molar-refractivity contribution in [1.82, 2.24) is 10.2 Å². The van der Waals surface area contributed by atoms with Crippen LogP contribution in [0.5, 0.6) is 0 Å². The molecule has 0 saturated carbocycles. The molecule has 1 saturated heterocycles. The van der Waals surface area contributed by atoms with Crippen LogP contribution in [-0.4, -0.2) is 37.0 Å². The maximum Gasteiger partial charge on any atom is 0.222 e. The Balaban J connectivity index is 1.98. The van der Waals surface area contributed by atoms with Gasteiger partial charge in [0, 0.05) is 35.8 Å². The van der Waals surface area contributed by atoms with E-state index in [4.69, 9.17) is 0 Å². The summed E-state index contributed by atoms with van der Waals surface area (Å²) >= 11 is 1.82. The van der Waals surface area contributed by atoms with Gasteiger partial charge in [-0.05, 0) is 24.9 Å². The molecule has 2 unspecified atom stereocenters. The second kappa shape index (κ2) is 5.85. The summed E-state index contributed by atoms with van der Waals surface area (Å²) in [6.45, 7) is 5.94. The lowest BCUT2D eigenvalue weighted by molar-refractivity contribution is -0.125. The Labute approximate surface area is 113 Å². The Morgan fingerprint density at radius 3 is 2.89 bits per heavy atom. The molecule has 4 heteroatoms. The van der Waals surface area contributed by atoms with E-state index in [0.717, 1.165) is 19.5 Å². The fourth-order valence-corrected chi connectivity index (χ4v) is 3.36. The Morgan fingerprint density at radius 2 is 2.28 bits per heavy atom. The van der Waals surface area contributed by atoms with Gasteiger partial charge in [-0.15, -0.1) is 11.3 Å². The lowest BCUT2D eigenvalue weighted by Gasteiger charge is -2.36. The summed E-state index contributed by atoms with van der Waals surface area (Å²) in [6, 6.07) is 4.59. The van der Waals surface area contributed by atoms with E-state index < -0.39 is 0 Å². The molecule has 2 rings (SSSR count). The highest BCUT2D eigenvalue weighted by Crippen LogP contribution is 2.29. The lowest BCUT2D eigenvalue weighted by Crippen LogP contribution is -2.49. The summed E-state index contributed by atoms with van der Waals surface area (Å²) in [5.74, 6) is 0.791. The van der Waals surface area contributed by atoms with Gasteiger partial charge in [-0.2, -0.15) is 0 Å². The molecule has 1 aromatic heterocycles. The molecule has 0 radical (unpaired) electrons. The molecule has 1 fully saturated rings. The highest BCUT2D eigenvalue weighted by atomic mass is 32.1. The molecule has 2 atom stereocenters. The van der Waals surface area contributed by atoms with Crippen LogP contribution >= 0.6 is 11.3 Å². The quantitative estimate of drug-likeness (QED) is 0.910. The van der Waals surface area contributed by atoms with Crippen LogP contribution in [0.4, 0.5) is 0 Å². The number of hydrogen-bond acceptors (Lipinski definition) is 3. The van der Waals surface area contributed by atoms with Crippen molar-refractivity contribution in [2.75, 3.05) is 20.1 Å². The van der Waals surface area contributed by atoms with Crippen molar-refractivity contribution in [2.45, 2.75) is 32.2 Å². The monoisotopic (exact) mass is 266 g/mol. The summed E-state index contributed by atoms with van der Waals surface area (Å²) in [5.41, 5.74) is 0. The zero-order valence-electron chi connectivity index (χ0n) is 11.3. The van der Waals surface area contributed by atoms with Gasteiger partial charge < -0.3 is 10.2 Å². The second-order valence-corrected chi connectivity index (χ2v) is 6.51. The topological polar surface area (TPSA) is 32.3 Å². The van der Waals surface area contributed by atoms with E-state index in [1.54, 1.807) is 0 Å². The number of hydrogen-bond donors (Lipinski definition) is 1. The van der Waals surface area contributed by atoms with Gasteiger partial charge in [0.2, 0.25) is 5.91 Å². The molecule has 1 N–H and O–H groups in total. The summed E-state index contributed by atoms with van der Waals surface area (Å²) in [5, 5.41) is 5.30. The summed E-state index contributed by atoms with van der Waals surface area (Å²) in [4.78, 5) is 15.5. The van der Waals surface area contributed by atoms with Gasteiger partial charge in [-0.3, -0.25) is 4.79 Å². The van der Waals surface area contributed by atoms with Crippen molar-refractivity contribution in [3.63, 3.8) is 0 Å². The van der Waals surface area contributed by atoms with Gasteiger partial charge >= 0.3 is 0 Å². The molecule has 18 heavy (non-hydrogen) atoms. The minimum Gasteiger partial charge on any atom is -0.352 e. The minimum atomic E-state index is 0.0671. The summed E-state index contributed by atoms with van der Waals surface area (Å²) in [6.07, 6.45) is 1.06. The second-order valence-electron chi connectivity index (χ2n) is 5.53. The summed E-state index contributed by atoms with van der Waals surface area (Å²) in [7, 11) is 2.13. The number of likely N-dealkylation sites (tertiary alicyclic amines) is 1. The van der Waals surface area contributed by atoms with Gasteiger partial charge in [0.15, 0.2) is 0 Å². The van der Waals surface area contributed by atoms with Gasteiger partial charge in [-0.1, -0.05) is 19.9 Å². The van der Waals surface area contributed by atoms with E-state index in [0.29, 0.717) is 5.92 Å². The molecule has 3 nitrogen and oxygen atoms in total. The van der Waals surface area contributed by atoms with Crippen molar-refractivity contribution in [3.8, 4) is 0 Å². The fourth-order valence-electron chi connectivity index (χ4n) is 2.52. The number of likely N-dealkylation sites (N-methyl/N-ethyl adjacent to an activating group) is 1. The smallest absolute Gasteiger partial charge is 0.222 e. The molecule has 1 amide bonds. The van der Waals surface area contributed by atoms with Crippen LogP contribution in [0.15, 0.2) is 17.5 Å². The standard InChI is InChI=1S/C14H22N2OS/c1-10(2)14(17)15-12-7-11(8-16(3)9-12)13-5-4-6-18-13/h4-6,10-12H,7-9H2,1-3H3,(H,15,17). The molecule has 1 aromatic rings. The Kier molecular flexibility index (Phi) is 4.40. The Hall–Kier alpha value is -0.870. The van der Waals surface area contributed by atoms with Crippen LogP contribution < -0.4 is 5.32 Å². The SMILES string of the molecule is CC(C)C(=O)NC1CC(c2cccs2)CN(C)C1. The van der Waals surface area contributed by atoms with Crippen LogP contribution in [-0.2, 0) is 4.79 Å². The van der Waals surface area contributed by atoms with Crippen molar-refractivity contribution < 1.29 is 4.79 Å². The number of piperidine rings is 1. The largest absolute Gasteiger partial charge is 0.352 e. The molecule has 1 aliphatic heterocycles. The Bertz CT molecular complexity index is 389. The van der Waals surface area contributed by atoms with E-state index in [2.05, 4.69) is 34.8 Å². The number of thiophene rings is 1. The van der Waals surface area contributed by atoms with Crippen molar-refractivity contribution in [2.24, 2.45) is 5.92 Å². The van der Waals surface area contributed by atoms with E-state index >= 15 is 0 Å². The predicted octanol–water partition coefficient (Wildman–Crippen LogP) is 2.31. The predicted molar refractivity (Wildman–Crippen MR) is 75.9 cm³/mol. The highest BCUT2D eigenvalue weighted by molar-refractivity contribution is 7.10. The van der Waals surface area contributed by atoms with E-state index in [-0.39, 0.29) is 17.9 Å². The van der Waals surface area contributed by atoms with Gasteiger partial charge in [0.1, 0.15) is 0 Å². The maximum atomic E-state index is 11.8. The molecule has 1 aliphatic rings. The number of nitrogens with one attached hydrogen (secondary N) is 1. The first-order valence-electron chi connectivity index (χ1n) is 6.58. The van der Waals surface area contributed by atoms with Gasteiger partial charge in [0.25, 0.3) is 0 Å². The van der Waals surface area contributed by atoms with Crippen molar-refractivity contribution in [1.29, 1.82) is 0 Å². The van der Waals surface area contributed by atoms with Crippen LogP contribution in [0, 0.1) is 5.92 Å². The van der Waals surface area contributed by atoms with E-state index in [1.165, 1.54) is 4.88 Å². The van der Waals surface area contributed by atoms with Crippen molar-refractivity contribution >= 4 is 17.2 Å². The van der Waals surface area contributed by atoms with Crippen LogP contribution in [0.3, 0.4) is 0 Å². The third kappa shape index (κ3) is 3.33. The molecule has 2 heterocycles. The first kappa shape index (κ1) is 13.6. The zero-order valence-corrected chi connectivity index (χ0v) is 12.2. The summed E-state index contributed by atoms with van der Waals surface area (Å²) < 4.78 is 0. The van der Waals surface area contributed by atoms with Crippen molar-refractivity contribution in [3.05, 3.63) is 22.4 Å². The van der Waals surface area contributed by atoms with Crippen LogP contribution in [0.2, 0.25) is 0 Å². The highest BCUT2D eigenvalue weighted by Gasteiger charge is 2.28. The van der Waals surface area contributed by atoms with Gasteiger partial charge in [-0.25, -0.2) is 0 Å². The molecule has 100 valence electrons. The normalized spacial score (nSPS) is 25.3. The average molecular weight is 266 g/mol. The minimum absolute atomic E-state index is 0.0671. The third-order valence-electron chi connectivity index (χ3n) is 3.45. The number of carbonyl (C=O) groups is 1. The molecular weight excluding hydrogens is 244 g/mol. The van der Waals surface area contributed by atoms with E-state index in [1.807, 2.05) is 25.2 Å². The first-order valence-corrected chi connectivity index (χ1v) is 7.46. The first-order chi connectivity index (χ1) is 8.56. The lowest BCUT2D eigenvalue weighted by atomic mass is 9.93. The number of carbonyl (C=O) groups excluding carboxylic acids is 1. The molecule has 0 aliphatic carbocycles. The molecule has 0 spiro atoms. The Morgan fingerprint density at radius 1 is 1.50 bits per heavy atom.